The van der Waals surface area contributed by atoms with Gasteiger partial charge >= 0.3 is 0 Å². The van der Waals surface area contributed by atoms with Gasteiger partial charge in [0.25, 0.3) is 0 Å². The first kappa shape index (κ1) is 14.1. The number of aromatic nitrogens is 2. The molecule has 0 aliphatic carbocycles. The van der Waals surface area contributed by atoms with Crippen molar-refractivity contribution < 1.29 is 0 Å². The van der Waals surface area contributed by atoms with Gasteiger partial charge in [-0.05, 0) is 45.3 Å². The molecule has 0 radical (unpaired) electrons. The molecule has 0 amide bonds. The molecule has 2 N–H and O–H groups in total. The van der Waals surface area contributed by atoms with Gasteiger partial charge in [-0.15, -0.1) is 0 Å². The number of anilines is 2. The van der Waals surface area contributed by atoms with Crippen molar-refractivity contribution in [3.63, 3.8) is 0 Å². The summed E-state index contributed by atoms with van der Waals surface area (Å²) in [7, 11) is 2.19. The summed E-state index contributed by atoms with van der Waals surface area (Å²) < 4.78 is 0. The van der Waals surface area contributed by atoms with Gasteiger partial charge in [-0.3, -0.25) is 4.98 Å². The highest BCUT2D eigenvalue weighted by molar-refractivity contribution is 5.41. The molecule has 2 rings (SSSR count). The van der Waals surface area contributed by atoms with E-state index in [4.69, 9.17) is 0 Å². The molecule has 0 spiro atoms. The molecule has 19 heavy (non-hydrogen) atoms. The first-order chi connectivity index (χ1) is 9.11. The van der Waals surface area contributed by atoms with Crippen LogP contribution in [0.1, 0.15) is 26.7 Å². The zero-order chi connectivity index (χ0) is 13.7. The molecule has 0 aromatic carbocycles. The van der Waals surface area contributed by atoms with Crippen molar-refractivity contribution in [2.45, 2.75) is 26.7 Å². The quantitative estimate of drug-likeness (QED) is 0.851. The highest BCUT2D eigenvalue weighted by Crippen LogP contribution is 2.30. The second-order valence-electron chi connectivity index (χ2n) is 5.79. The fourth-order valence-electron chi connectivity index (χ4n) is 2.36. The average molecular weight is 263 g/mol. The van der Waals surface area contributed by atoms with E-state index in [1.807, 2.05) is 0 Å². The highest BCUT2D eigenvalue weighted by atomic mass is 15.1. The second kappa shape index (κ2) is 6.19. The Morgan fingerprint density at radius 3 is 2.47 bits per heavy atom. The van der Waals surface area contributed by atoms with Crippen LogP contribution in [-0.2, 0) is 0 Å². The van der Waals surface area contributed by atoms with Crippen LogP contribution < -0.4 is 10.6 Å². The zero-order valence-electron chi connectivity index (χ0n) is 12.2. The summed E-state index contributed by atoms with van der Waals surface area (Å²) in [6, 6.07) is 0. The summed E-state index contributed by atoms with van der Waals surface area (Å²) in [4.78, 5) is 11.1. The highest BCUT2D eigenvalue weighted by Gasteiger charge is 2.28. The Morgan fingerprint density at radius 1 is 1.21 bits per heavy atom. The second-order valence-corrected chi connectivity index (χ2v) is 5.79. The molecular weight excluding hydrogens is 238 g/mol. The monoisotopic (exact) mass is 263 g/mol. The standard InChI is InChI=1S/C14H25N5/c1-4-16-12-9-15-10-13(18-12)17-11-14(2)5-7-19(3)8-6-14/h9-10H,4-8,11H2,1-3H3,(H2,16,17,18). The largest absolute Gasteiger partial charge is 0.369 e. The molecule has 1 aliphatic rings. The van der Waals surface area contributed by atoms with Crippen LogP contribution in [0.15, 0.2) is 12.4 Å². The van der Waals surface area contributed by atoms with E-state index in [-0.39, 0.29) is 0 Å². The molecule has 1 saturated heterocycles. The molecule has 0 unspecified atom stereocenters. The van der Waals surface area contributed by atoms with Crippen LogP contribution in [0.5, 0.6) is 0 Å². The average Bonchev–Trinajstić information content (AvgIpc) is 2.41. The van der Waals surface area contributed by atoms with E-state index in [1.54, 1.807) is 12.4 Å². The van der Waals surface area contributed by atoms with Crippen LogP contribution >= 0.6 is 0 Å². The van der Waals surface area contributed by atoms with E-state index in [0.717, 1.165) is 24.7 Å². The molecule has 106 valence electrons. The van der Waals surface area contributed by atoms with Crippen molar-refractivity contribution in [1.82, 2.24) is 14.9 Å². The van der Waals surface area contributed by atoms with Crippen molar-refractivity contribution >= 4 is 11.6 Å². The van der Waals surface area contributed by atoms with Gasteiger partial charge in [0.15, 0.2) is 0 Å². The maximum Gasteiger partial charge on any atom is 0.146 e. The lowest BCUT2D eigenvalue weighted by molar-refractivity contribution is 0.150. The third-order valence-electron chi connectivity index (χ3n) is 3.88. The topological polar surface area (TPSA) is 53.1 Å². The molecule has 5 heteroatoms. The van der Waals surface area contributed by atoms with Crippen LogP contribution in [0.4, 0.5) is 11.6 Å². The molecule has 1 aromatic rings. The number of nitrogens with zero attached hydrogens (tertiary/aromatic N) is 3. The molecule has 0 bridgehead atoms. The van der Waals surface area contributed by atoms with E-state index in [9.17, 15) is 0 Å². The van der Waals surface area contributed by atoms with Crippen LogP contribution in [0.25, 0.3) is 0 Å². The minimum Gasteiger partial charge on any atom is -0.369 e. The lowest BCUT2D eigenvalue weighted by Crippen LogP contribution is -2.40. The number of likely N-dealkylation sites (tertiary alicyclic amines) is 1. The predicted octanol–water partition coefficient (Wildman–Crippen LogP) is 2.05. The molecule has 0 atom stereocenters. The van der Waals surface area contributed by atoms with Crippen molar-refractivity contribution in [1.29, 1.82) is 0 Å². The molecular formula is C14H25N5. The Kier molecular flexibility index (Phi) is 4.58. The van der Waals surface area contributed by atoms with Crippen molar-refractivity contribution in [2.24, 2.45) is 5.41 Å². The predicted molar refractivity (Wildman–Crippen MR) is 79.5 cm³/mol. The van der Waals surface area contributed by atoms with Gasteiger partial charge in [0, 0.05) is 13.1 Å². The third kappa shape index (κ3) is 4.06. The molecule has 1 aromatic heterocycles. The lowest BCUT2D eigenvalue weighted by Gasteiger charge is -2.38. The van der Waals surface area contributed by atoms with E-state index in [0.29, 0.717) is 5.41 Å². The summed E-state index contributed by atoms with van der Waals surface area (Å²) in [6.07, 6.45) is 6.01. The molecule has 5 nitrogen and oxygen atoms in total. The maximum atomic E-state index is 4.50. The number of hydrogen-bond donors (Lipinski definition) is 2. The van der Waals surface area contributed by atoms with Crippen molar-refractivity contribution in [3.8, 4) is 0 Å². The minimum atomic E-state index is 0.363. The number of rotatable bonds is 5. The summed E-state index contributed by atoms with van der Waals surface area (Å²) in [5, 5.41) is 6.62. The third-order valence-corrected chi connectivity index (χ3v) is 3.88. The van der Waals surface area contributed by atoms with Gasteiger partial charge in [-0.25, -0.2) is 4.98 Å². The summed E-state index contributed by atoms with van der Waals surface area (Å²) in [5.74, 6) is 1.69. The Labute approximate surface area is 115 Å². The SMILES string of the molecule is CCNc1cncc(NCC2(C)CCN(C)CC2)n1. The molecule has 1 aliphatic heterocycles. The molecule has 2 heterocycles. The Morgan fingerprint density at radius 2 is 1.84 bits per heavy atom. The van der Waals surface area contributed by atoms with Crippen LogP contribution in [0.2, 0.25) is 0 Å². The van der Waals surface area contributed by atoms with Crippen molar-refractivity contribution in [2.75, 3.05) is 43.9 Å². The van der Waals surface area contributed by atoms with Crippen LogP contribution in [0, 0.1) is 5.41 Å². The minimum absolute atomic E-state index is 0.363. The summed E-state index contributed by atoms with van der Waals surface area (Å²) in [6.45, 7) is 8.60. The van der Waals surface area contributed by atoms with Gasteiger partial charge in [-0.1, -0.05) is 6.92 Å². The van der Waals surface area contributed by atoms with Gasteiger partial charge in [0.2, 0.25) is 0 Å². The number of nitrogens with one attached hydrogen (secondary N) is 2. The van der Waals surface area contributed by atoms with Gasteiger partial charge < -0.3 is 15.5 Å². The van der Waals surface area contributed by atoms with Crippen molar-refractivity contribution in [3.05, 3.63) is 12.4 Å². The van der Waals surface area contributed by atoms with Gasteiger partial charge in [-0.2, -0.15) is 0 Å². The fourth-order valence-corrected chi connectivity index (χ4v) is 2.36. The first-order valence-corrected chi connectivity index (χ1v) is 7.10. The summed E-state index contributed by atoms with van der Waals surface area (Å²) >= 11 is 0. The Hall–Kier alpha value is -1.36. The normalized spacial score (nSPS) is 19.1. The van der Waals surface area contributed by atoms with E-state index in [2.05, 4.69) is 46.4 Å². The van der Waals surface area contributed by atoms with E-state index < -0.39 is 0 Å². The summed E-state index contributed by atoms with van der Waals surface area (Å²) in [5.41, 5.74) is 0.363. The van der Waals surface area contributed by atoms with Crippen LogP contribution in [0.3, 0.4) is 0 Å². The first-order valence-electron chi connectivity index (χ1n) is 7.10. The van der Waals surface area contributed by atoms with E-state index in [1.165, 1.54) is 25.9 Å². The van der Waals surface area contributed by atoms with Gasteiger partial charge in [0.1, 0.15) is 11.6 Å². The van der Waals surface area contributed by atoms with Crippen LogP contribution in [-0.4, -0.2) is 48.1 Å². The maximum absolute atomic E-state index is 4.50. The number of hydrogen-bond acceptors (Lipinski definition) is 5. The zero-order valence-corrected chi connectivity index (χ0v) is 12.2. The lowest BCUT2D eigenvalue weighted by atomic mass is 9.80. The Balaban J connectivity index is 1.89. The van der Waals surface area contributed by atoms with E-state index >= 15 is 0 Å². The Bertz CT molecular complexity index is 399. The molecule has 0 saturated carbocycles. The smallest absolute Gasteiger partial charge is 0.146 e. The van der Waals surface area contributed by atoms with Gasteiger partial charge in [0.05, 0.1) is 12.4 Å². The number of piperidine rings is 1. The molecule has 1 fully saturated rings. The fraction of sp³-hybridized carbons (Fsp3) is 0.714.